The van der Waals surface area contributed by atoms with Crippen LogP contribution in [-0.2, 0) is 0 Å². The highest BCUT2D eigenvalue weighted by atomic mass is 16.5. The van der Waals surface area contributed by atoms with Crippen LogP contribution in [0.25, 0.3) is 0 Å². The van der Waals surface area contributed by atoms with E-state index in [9.17, 15) is 0 Å². The fourth-order valence-electron chi connectivity index (χ4n) is 1.21. The van der Waals surface area contributed by atoms with Crippen LogP contribution in [0.5, 0.6) is 5.75 Å². The van der Waals surface area contributed by atoms with Crippen LogP contribution in [0.4, 0.5) is 0 Å². The summed E-state index contributed by atoms with van der Waals surface area (Å²) in [5.74, 6) is 3.83. The highest BCUT2D eigenvalue weighted by Crippen LogP contribution is 2.25. The lowest BCUT2D eigenvalue weighted by atomic mass is 10.0. The van der Waals surface area contributed by atoms with Gasteiger partial charge in [-0.1, -0.05) is 38.0 Å². The van der Waals surface area contributed by atoms with E-state index in [1.54, 1.807) is 0 Å². The SMILES string of the molecule is C#CCOc1ccccc1C(C)C. The zero-order chi connectivity index (χ0) is 9.68. The van der Waals surface area contributed by atoms with E-state index in [0.29, 0.717) is 12.5 Å². The predicted molar refractivity (Wildman–Crippen MR) is 54.9 cm³/mol. The van der Waals surface area contributed by atoms with Gasteiger partial charge in [-0.25, -0.2) is 0 Å². The van der Waals surface area contributed by atoms with E-state index in [2.05, 4.69) is 25.8 Å². The molecule has 1 heteroatoms. The van der Waals surface area contributed by atoms with Crippen molar-refractivity contribution in [3.8, 4) is 18.1 Å². The van der Waals surface area contributed by atoms with Gasteiger partial charge in [0.25, 0.3) is 0 Å². The minimum Gasteiger partial charge on any atom is -0.481 e. The van der Waals surface area contributed by atoms with Crippen LogP contribution in [-0.4, -0.2) is 6.61 Å². The van der Waals surface area contributed by atoms with Crippen molar-refractivity contribution in [3.05, 3.63) is 29.8 Å². The standard InChI is InChI=1S/C12H14O/c1-4-9-13-12-8-6-5-7-11(12)10(2)3/h1,5-8,10H,9H2,2-3H3. The summed E-state index contributed by atoms with van der Waals surface area (Å²) in [7, 11) is 0. The lowest BCUT2D eigenvalue weighted by Gasteiger charge is -2.11. The first-order chi connectivity index (χ1) is 6.25. The molecule has 0 heterocycles. The molecule has 0 aliphatic rings. The van der Waals surface area contributed by atoms with Crippen molar-refractivity contribution in [2.75, 3.05) is 6.61 Å². The van der Waals surface area contributed by atoms with Gasteiger partial charge in [0.15, 0.2) is 0 Å². The van der Waals surface area contributed by atoms with Crippen molar-refractivity contribution in [3.63, 3.8) is 0 Å². The summed E-state index contributed by atoms with van der Waals surface area (Å²) < 4.78 is 5.41. The van der Waals surface area contributed by atoms with Gasteiger partial charge >= 0.3 is 0 Å². The summed E-state index contributed by atoms with van der Waals surface area (Å²) in [6.07, 6.45) is 5.13. The summed E-state index contributed by atoms with van der Waals surface area (Å²) in [4.78, 5) is 0. The van der Waals surface area contributed by atoms with E-state index in [0.717, 1.165) is 5.75 Å². The number of rotatable bonds is 3. The molecule has 0 unspecified atom stereocenters. The molecule has 0 amide bonds. The van der Waals surface area contributed by atoms with Crippen LogP contribution in [0.1, 0.15) is 25.3 Å². The topological polar surface area (TPSA) is 9.23 Å². The van der Waals surface area contributed by atoms with Gasteiger partial charge in [-0.15, -0.1) is 6.42 Å². The van der Waals surface area contributed by atoms with Crippen LogP contribution in [0, 0.1) is 12.3 Å². The Hall–Kier alpha value is -1.42. The Bertz CT molecular complexity index is 307. The highest BCUT2D eigenvalue weighted by molar-refractivity contribution is 5.35. The molecule has 0 radical (unpaired) electrons. The lowest BCUT2D eigenvalue weighted by Crippen LogP contribution is -1.98. The molecule has 1 aromatic rings. The molecule has 0 aliphatic carbocycles. The molecule has 0 saturated heterocycles. The fraction of sp³-hybridized carbons (Fsp3) is 0.333. The summed E-state index contributed by atoms with van der Waals surface area (Å²) in [5, 5.41) is 0. The van der Waals surface area contributed by atoms with Crippen molar-refractivity contribution in [1.82, 2.24) is 0 Å². The van der Waals surface area contributed by atoms with Crippen LogP contribution in [0.3, 0.4) is 0 Å². The molecule has 0 spiro atoms. The third-order valence-electron chi connectivity index (χ3n) is 1.85. The number of para-hydroxylation sites is 1. The zero-order valence-electron chi connectivity index (χ0n) is 8.08. The molecule has 0 aliphatic heterocycles. The smallest absolute Gasteiger partial charge is 0.148 e. The largest absolute Gasteiger partial charge is 0.481 e. The Labute approximate surface area is 79.7 Å². The Morgan fingerprint density at radius 2 is 2.08 bits per heavy atom. The number of hydrogen-bond acceptors (Lipinski definition) is 1. The van der Waals surface area contributed by atoms with E-state index in [4.69, 9.17) is 11.2 Å². The normalized spacial score (nSPS) is 9.69. The van der Waals surface area contributed by atoms with Crippen molar-refractivity contribution in [2.45, 2.75) is 19.8 Å². The minimum atomic E-state index is 0.337. The van der Waals surface area contributed by atoms with Gasteiger partial charge in [0.2, 0.25) is 0 Å². The maximum Gasteiger partial charge on any atom is 0.148 e. The highest BCUT2D eigenvalue weighted by Gasteiger charge is 2.05. The molecule has 0 atom stereocenters. The molecule has 68 valence electrons. The third kappa shape index (κ3) is 2.52. The summed E-state index contributed by atoms with van der Waals surface area (Å²) in [6, 6.07) is 7.99. The second-order valence-electron chi connectivity index (χ2n) is 3.19. The van der Waals surface area contributed by atoms with Crippen LogP contribution in [0.2, 0.25) is 0 Å². The van der Waals surface area contributed by atoms with Gasteiger partial charge in [0.05, 0.1) is 0 Å². The molecular weight excluding hydrogens is 160 g/mol. The monoisotopic (exact) mass is 174 g/mol. The van der Waals surface area contributed by atoms with Gasteiger partial charge in [-0.05, 0) is 17.5 Å². The van der Waals surface area contributed by atoms with Crippen LogP contribution < -0.4 is 4.74 Å². The Kier molecular flexibility index (Phi) is 3.40. The summed E-state index contributed by atoms with van der Waals surface area (Å²) in [6.45, 7) is 4.61. The molecule has 0 saturated carbocycles. The number of terminal acetylenes is 1. The molecular formula is C12H14O. The molecule has 0 fully saturated rings. The van der Waals surface area contributed by atoms with Crippen LogP contribution >= 0.6 is 0 Å². The van der Waals surface area contributed by atoms with Crippen molar-refractivity contribution < 1.29 is 4.74 Å². The number of ether oxygens (including phenoxy) is 1. The first-order valence-corrected chi connectivity index (χ1v) is 4.41. The maximum absolute atomic E-state index is 5.41. The van der Waals surface area contributed by atoms with E-state index in [1.807, 2.05) is 18.2 Å². The molecule has 0 aromatic heterocycles. The first kappa shape index (κ1) is 9.67. The lowest BCUT2D eigenvalue weighted by molar-refractivity contribution is 0.364. The summed E-state index contributed by atoms with van der Waals surface area (Å²) >= 11 is 0. The fourth-order valence-corrected chi connectivity index (χ4v) is 1.21. The van der Waals surface area contributed by atoms with Crippen molar-refractivity contribution >= 4 is 0 Å². The molecule has 1 nitrogen and oxygen atoms in total. The van der Waals surface area contributed by atoms with Gasteiger partial charge < -0.3 is 4.74 Å². The van der Waals surface area contributed by atoms with E-state index in [1.165, 1.54) is 5.56 Å². The van der Waals surface area contributed by atoms with E-state index in [-0.39, 0.29) is 0 Å². The van der Waals surface area contributed by atoms with E-state index < -0.39 is 0 Å². The number of benzene rings is 1. The summed E-state index contributed by atoms with van der Waals surface area (Å²) in [5.41, 5.74) is 1.21. The molecule has 1 aromatic carbocycles. The average molecular weight is 174 g/mol. The van der Waals surface area contributed by atoms with E-state index >= 15 is 0 Å². The minimum absolute atomic E-state index is 0.337. The molecule has 13 heavy (non-hydrogen) atoms. The van der Waals surface area contributed by atoms with Gasteiger partial charge in [0, 0.05) is 0 Å². The Balaban J connectivity index is 2.86. The van der Waals surface area contributed by atoms with Crippen molar-refractivity contribution in [1.29, 1.82) is 0 Å². The zero-order valence-corrected chi connectivity index (χ0v) is 8.08. The molecule has 0 N–H and O–H groups in total. The second kappa shape index (κ2) is 4.57. The van der Waals surface area contributed by atoms with Crippen molar-refractivity contribution in [2.24, 2.45) is 0 Å². The number of hydrogen-bond donors (Lipinski definition) is 0. The quantitative estimate of drug-likeness (QED) is 0.640. The Morgan fingerprint density at radius 3 is 2.69 bits per heavy atom. The van der Waals surface area contributed by atoms with Crippen LogP contribution in [0.15, 0.2) is 24.3 Å². The molecule has 0 bridgehead atoms. The average Bonchev–Trinajstić information content (AvgIpc) is 2.15. The third-order valence-corrected chi connectivity index (χ3v) is 1.85. The maximum atomic E-state index is 5.41. The van der Waals surface area contributed by atoms with Gasteiger partial charge in [-0.3, -0.25) is 0 Å². The second-order valence-corrected chi connectivity index (χ2v) is 3.19. The van der Waals surface area contributed by atoms with Gasteiger partial charge in [0.1, 0.15) is 12.4 Å². The predicted octanol–water partition coefficient (Wildman–Crippen LogP) is 2.82. The Morgan fingerprint density at radius 1 is 1.38 bits per heavy atom. The molecule has 1 rings (SSSR count). The van der Waals surface area contributed by atoms with Gasteiger partial charge in [-0.2, -0.15) is 0 Å². The first-order valence-electron chi connectivity index (χ1n) is 4.41.